The molecular formula is C7H14N2O. The molecule has 2 atom stereocenters. The third kappa shape index (κ3) is 1.48. The smallest absolute Gasteiger partial charge is 0.220 e. The number of nitrogens with two attached hydrogens (primary N) is 1. The molecule has 10 heavy (non-hydrogen) atoms. The van der Waals surface area contributed by atoms with Gasteiger partial charge in [0.15, 0.2) is 0 Å². The Hall–Kier alpha value is -0.570. The van der Waals surface area contributed by atoms with Gasteiger partial charge < -0.3 is 11.1 Å². The van der Waals surface area contributed by atoms with Crippen molar-refractivity contribution < 1.29 is 4.79 Å². The van der Waals surface area contributed by atoms with Crippen LogP contribution in [0.1, 0.15) is 19.8 Å². The summed E-state index contributed by atoms with van der Waals surface area (Å²) in [5.74, 6) is 0.648. The molecule has 0 aliphatic carbocycles. The van der Waals surface area contributed by atoms with E-state index in [4.69, 9.17) is 5.73 Å². The van der Waals surface area contributed by atoms with Gasteiger partial charge in [0.1, 0.15) is 0 Å². The highest BCUT2D eigenvalue weighted by Gasteiger charge is 2.23. The minimum Gasteiger partial charge on any atom is -0.353 e. The maximum Gasteiger partial charge on any atom is 0.220 e. The molecule has 0 unspecified atom stereocenters. The van der Waals surface area contributed by atoms with E-state index < -0.39 is 0 Å². The largest absolute Gasteiger partial charge is 0.353 e. The topological polar surface area (TPSA) is 55.1 Å². The summed E-state index contributed by atoms with van der Waals surface area (Å²) >= 11 is 0. The summed E-state index contributed by atoms with van der Waals surface area (Å²) in [6, 6.07) is 0.270. The van der Waals surface area contributed by atoms with Gasteiger partial charge in [0.2, 0.25) is 5.91 Å². The predicted molar refractivity (Wildman–Crippen MR) is 39.4 cm³/mol. The lowest BCUT2D eigenvalue weighted by atomic mass is 9.92. The highest BCUT2D eigenvalue weighted by Crippen LogP contribution is 2.14. The molecule has 3 N–H and O–H groups in total. The molecule has 0 radical (unpaired) electrons. The van der Waals surface area contributed by atoms with Crippen LogP contribution in [-0.4, -0.2) is 18.5 Å². The maximum atomic E-state index is 10.8. The Morgan fingerprint density at radius 3 is 3.00 bits per heavy atom. The fourth-order valence-corrected chi connectivity index (χ4v) is 1.33. The summed E-state index contributed by atoms with van der Waals surface area (Å²) < 4.78 is 0. The van der Waals surface area contributed by atoms with Gasteiger partial charge in [0.05, 0.1) is 0 Å². The number of carbonyl (C=O) groups excluding carboxylic acids is 1. The van der Waals surface area contributed by atoms with Gasteiger partial charge in [0, 0.05) is 12.5 Å². The Morgan fingerprint density at radius 2 is 2.50 bits per heavy atom. The first kappa shape index (κ1) is 7.54. The van der Waals surface area contributed by atoms with Gasteiger partial charge in [-0.15, -0.1) is 0 Å². The van der Waals surface area contributed by atoms with Crippen molar-refractivity contribution in [3.8, 4) is 0 Å². The first-order valence-corrected chi connectivity index (χ1v) is 3.73. The van der Waals surface area contributed by atoms with Crippen LogP contribution < -0.4 is 11.1 Å². The van der Waals surface area contributed by atoms with E-state index in [-0.39, 0.29) is 11.9 Å². The molecule has 0 spiro atoms. The fraction of sp³-hybridized carbons (Fsp3) is 0.857. The van der Waals surface area contributed by atoms with Crippen LogP contribution in [0.2, 0.25) is 0 Å². The van der Waals surface area contributed by atoms with Gasteiger partial charge in [-0.05, 0) is 25.8 Å². The monoisotopic (exact) mass is 142 g/mol. The Balaban J connectivity index is 2.43. The summed E-state index contributed by atoms with van der Waals surface area (Å²) in [6.07, 6.45) is 1.59. The molecule has 1 heterocycles. The van der Waals surface area contributed by atoms with E-state index in [0.29, 0.717) is 18.9 Å². The molecule has 0 aromatic rings. The SMILES string of the molecule is C[C@@H]1NC(=O)CC[C@H]1CN. The highest BCUT2D eigenvalue weighted by atomic mass is 16.1. The predicted octanol–water partition coefficient (Wildman–Crippen LogP) is -0.140. The Labute approximate surface area is 61.0 Å². The van der Waals surface area contributed by atoms with Crippen molar-refractivity contribution in [1.29, 1.82) is 0 Å². The number of carbonyl (C=O) groups is 1. The lowest BCUT2D eigenvalue weighted by molar-refractivity contribution is -0.124. The van der Waals surface area contributed by atoms with Crippen molar-refractivity contribution in [3.63, 3.8) is 0 Å². The maximum absolute atomic E-state index is 10.8. The van der Waals surface area contributed by atoms with Gasteiger partial charge in [-0.3, -0.25) is 4.79 Å². The summed E-state index contributed by atoms with van der Waals surface area (Å²) in [7, 11) is 0. The zero-order valence-corrected chi connectivity index (χ0v) is 6.26. The number of hydrogen-bond acceptors (Lipinski definition) is 2. The minimum absolute atomic E-state index is 0.164. The average molecular weight is 142 g/mol. The van der Waals surface area contributed by atoms with Crippen LogP contribution in [0, 0.1) is 5.92 Å². The molecule has 1 aliphatic heterocycles. The van der Waals surface area contributed by atoms with Gasteiger partial charge in [-0.25, -0.2) is 0 Å². The lowest BCUT2D eigenvalue weighted by Crippen LogP contribution is -2.45. The molecule has 1 saturated heterocycles. The summed E-state index contributed by atoms with van der Waals surface area (Å²) in [4.78, 5) is 10.8. The van der Waals surface area contributed by atoms with Crippen LogP contribution in [0.15, 0.2) is 0 Å². The molecule has 58 valence electrons. The van der Waals surface area contributed by atoms with Crippen molar-refractivity contribution >= 4 is 5.91 Å². The molecule has 1 amide bonds. The highest BCUT2D eigenvalue weighted by molar-refractivity contribution is 5.77. The quantitative estimate of drug-likeness (QED) is 0.535. The van der Waals surface area contributed by atoms with Gasteiger partial charge in [-0.2, -0.15) is 0 Å². The number of amides is 1. The van der Waals surface area contributed by atoms with Crippen molar-refractivity contribution in [2.45, 2.75) is 25.8 Å². The number of rotatable bonds is 1. The van der Waals surface area contributed by atoms with Crippen LogP contribution in [0.4, 0.5) is 0 Å². The van der Waals surface area contributed by atoms with Crippen LogP contribution in [0.3, 0.4) is 0 Å². The lowest BCUT2D eigenvalue weighted by Gasteiger charge is -2.28. The fourth-order valence-electron chi connectivity index (χ4n) is 1.33. The standard InChI is InChI=1S/C7H14N2O/c1-5-6(4-8)2-3-7(10)9-5/h5-6H,2-4,8H2,1H3,(H,9,10)/t5-,6-/m0/s1. The van der Waals surface area contributed by atoms with Crippen molar-refractivity contribution in [2.75, 3.05) is 6.54 Å². The molecule has 0 bridgehead atoms. The first-order valence-electron chi connectivity index (χ1n) is 3.73. The first-order chi connectivity index (χ1) is 4.74. The molecule has 3 nitrogen and oxygen atoms in total. The Morgan fingerprint density at radius 1 is 1.80 bits per heavy atom. The molecule has 1 rings (SSSR count). The Kier molecular flexibility index (Phi) is 2.27. The second kappa shape index (κ2) is 3.01. The van der Waals surface area contributed by atoms with Crippen LogP contribution in [0.5, 0.6) is 0 Å². The average Bonchev–Trinajstić information content (AvgIpc) is 1.88. The second-order valence-electron chi connectivity index (χ2n) is 2.89. The van der Waals surface area contributed by atoms with E-state index in [1.807, 2.05) is 6.92 Å². The molecule has 0 saturated carbocycles. The minimum atomic E-state index is 0.164. The van der Waals surface area contributed by atoms with Gasteiger partial charge >= 0.3 is 0 Å². The van der Waals surface area contributed by atoms with Gasteiger partial charge in [-0.1, -0.05) is 0 Å². The molecule has 1 aliphatic rings. The number of hydrogen-bond donors (Lipinski definition) is 2. The second-order valence-corrected chi connectivity index (χ2v) is 2.89. The normalized spacial score (nSPS) is 33.6. The third-order valence-electron chi connectivity index (χ3n) is 2.14. The van der Waals surface area contributed by atoms with Crippen molar-refractivity contribution in [3.05, 3.63) is 0 Å². The van der Waals surface area contributed by atoms with Crippen LogP contribution in [-0.2, 0) is 4.79 Å². The van der Waals surface area contributed by atoms with E-state index in [9.17, 15) is 4.79 Å². The Bertz CT molecular complexity index is 136. The van der Waals surface area contributed by atoms with Crippen molar-refractivity contribution in [2.24, 2.45) is 11.7 Å². The molecular weight excluding hydrogens is 128 g/mol. The molecule has 3 heteroatoms. The van der Waals surface area contributed by atoms with E-state index >= 15 is 0 Å². The summed E-state index contributed by atoms with van der Waals surface area (Å²) in [6.45, 7) is 2.69. The van der Waals surface area contributed by atoms with E-state index in [1.54, 1.807) is 0 Å². The zero-order valence-electron chi connectivity index (χ0n) is 6.26. The zero-order chi connectivity index (χ0) is 7.56. The van der Waals surface area contributed by atoms with E-state index in [0.717, 1.165) is 6.42 Å². The third-order valence-corrected chi connectivity index (χ3v) is 2.14. The summed E-state index contributed by atoms with van der Waals surface area (Å²) in [5, 5.41) is 2.86. The molecule has 0 aromatic heterocycles. The van der Waals surface area contributed by atoms with E-state index in [1.165, 1.54) is 0 Å². The molecule has 0 aromatic carbocycles. The van der Waals surface area contributed by atoms with Gasteiger partial charge in [0.25, 0.3) is 0 Å². The van der Waals surface area contributed by atoms with Crippen LogP contribution in [0.25, 0.3) is 0 Å². The van der Waals surface area contributed by atoms with Crippen LogP contribution >= 0.6 is 0 Å². The number of piperidine rings is 1. The van der Waals surface area contributed by atoms with Crippen molar-refractivity contribution in [1.82, 2.24) is 5.32 Å². The molecule has 1 fully saturated rings. The van der Waals surface area contributed by atoms with E-state index in [2.05, 4.69) is 5.32 Å². The summed E-state index contributed by atoms with van der Waals surface area (Å²) in [5.41, 5.74) is 5.49. The number of nitrogens with one attached hydrogen (secondary N) is 1.